The van der Waals surface area contributed by atoms with Gasteiger partial charge in [0.15, 0.2) is 5.96 Å². The van der Waals surface area contributed by atoms with Crippen LogP contribution in [0.3, 0.4) is 0 Å². The highest BCUT2D eigenvalue weighted by Crippen LogP contribution is 2.23. The number of nitro groups is 1. The van der Waals surface area contributed by atoms with Crippen LogP contribution in [0.2, 0.25) is 0 Å². The Morgan fingerprint density at radius 3 is 2.62 bits per heavy atom. The zero-order chi connectivity index (χ0) is 22.8. The number of nitro benzene ring substituents is 1. The third-order valence-electron chi connectivity index (χ3n) is 5.34. The zero-order valence-electron chi connectivity index (χ0n) is 18.6. The van der Waals surface area contributed by atoms with E-state index < -0.39 is 4.92 Å². The molecule has 9 heteroatoms. The van der Waals surface area contributed by atoms with Crippen molar-refractivity contribution in [3.8, 4) is 5.75 Å². The zero-order valence-corrected chi connectivity index (χ0v) is 18.6. The van der Waals surface area contributed by atoms with E-state index in [1.165, 1.54) is 11.6 Å². The standard InChI is InChI=1S/C23H31N5O4/c1-3-24-23(25-16-18-5-4-6-20(15-18)28(29)30)26-17-22(27-11-13-32-14-12-27)19-7-9-21(31-2)10-8-19/h4-10,15,22H,3,11-14,16-17H2,1-2H3,(H2,24,25,26). The summed E-state index contributed by atoms with van der Waals surface area (Å²) in [5.41, 5.74) is 2.05. The summed E-state index contributed by atoms with van der Waals surface area (Å²) < 4.78 is 10.8. The molecule has 1 aliphatic rings. The van der Waals surface area contributed by atoms with Crippen LogP contribution in [0, 0.1) is 10.1 Å². The molecule has 1 heterocycles. The number of rotatable bonds is 9. The molecule has 1 saturated heterocycles. The predicted molar refractivity (Wildman–Crippen MR) is 124 cm³/mol. The number of methoxy groups -OCH3 is 1. The second-order valence-corrected chi connectivity index (χ2v) is 7.44. The van der Waals surface area contributed by atoms with Crippen LogP contribution in [0.5, 0.6) is 5.75 Å². The number of morpholine rings is 1. The minimum Gasteiger partial charge on any atom is -0.497 e. The molecule has 0 aromatic heterocycles. The number of nitrogens with zero attached hydrogens (tertiary/aromatic N) is 3. The Bertz CT molecular complexity index is 898. The van der Waals surface area contributed by atoms with Crippen LogP contribution in [-0.4, -0.2) is 62.3 Å². The van der Waals surface area contributed by atoms with Gasteiger partial charge >= 0.3 is 0 Å². The van der Waals surface area contributed by atoms with Crippen molar-refractivity contribution in [2.45, 2.75) is 19.5 Å². The lowest BCUT2D eigenvalue weighted by Gasteiger charge is -2.35. The first-order valence-corrected chi connectivity index (χ1v) is 10.8. The molecule has 9 nitrogen and oxygen atoms in total. The molecular formula is C23H31N5O4. The molecule has 0 amide bonds. The van der Waals surface area contributed by atoms with E-state index in [-0.39, 0.29) is 11.7 Å². The molecule has 0 aliphatic carbocycles. The van der Waals surface area contributed by atoms with Gasteiger partial charge in [-0.05, 0) is 30.2 Å². The lowest BCUT2D eigenvalue weighted by molar-refractivity contribution is -0.384. The highest BCUT2D eigenvalue weighted by atomic mass is 16.6. The van der Waals surface area contributed by atoms with Crippen molar-refractivity contribution in [1.82, 2.24) is 15.5 Å². The second kappa shape index (κ2) is 12.0. The van der Waals surface area contributed by atoms with Gasteiger partial charge in [0.05, 0.1) is 37.8 Å². The van der Waals surface area contributed by atoms with Gasteiger partial charge in [-0.3, -0.25) is 15.0 Å². The minimum atomic E-state index is -0.390. The number of ether oxygens (including phenoxy) is 2. The fraction of sp³-hybridized carbons (Fsp3) is 0.435. The molecule has 0 spiro atoms. The van der Waals surface area contributed by atoms with Gasteiger partial charge in [0, 0.05) is 38.3 Å². The van der Waals surface area contributed by atoms with E-state index in [1.54, 1.807) is 19.2 Å². The van der Waals surface area contributed by atoms with Crippen LogP contribution >= 0.6 is 0 Å². The van der Waals surface area contributed by atoms with E-state index in [1.807, 2.05) is 25.1 Å². The topological polar surface area (TPSA) is 101 Å². The fourth-order valence-electron chi connectivity index (χ4n) is 3.65. The Morgan fingerprint density at radius 2 is 1.97 bits per heavy atom. The third kappa shape index (κ3) is 6.66. The van der Waals surface area contributed by atoms with Gasteiger partial charge in [0.1, 0.15) is 5.75 Å². The van der Waals surface area contributed by atoms with Crippen molar-refractivity contribution >= 4 is 11.6 Å². The number of aliphatic imine (C=N–C) groups is 1. The first-order valence-electron chi connectivity index (χ1n) is 10.8. The SMILES string of the molecule is CCNC(=NCc1cccc([N+](=O)[O-])c1)NCC(c1ccc(OC)cc1)N1CCOCC1. The molecule has 32 heavy (non-hydrogen) atoms. The van der Waals surface area contributed by atoms with Gasteiger partial charge in [-0.2, -0.15) is 0 Å². The van der Waals surface area contributed by atoms with E-state index in [2.05, 4.69) is 32.7 Å². The molecule has 172 valence electrons. The lowest BCUT2D eigenvalue weighted by atomic mass is 10.0. The summed E-state index contributed by atoms with van der Waals surface area (Å²) in [4.78, 5) is 17.7. The summed E-state index contributed by atoms with van der Waals surface area (Å²) in [6.07, 6.45) is 0. The van der Waals surface area contributed by atoms with Crippen molar-refractivity contribution in [1.29, 1.82) is 0 Å². The van der Waals surface area contributed by atoms with E-state index in [0.717, 1.165) is 24.4 Å². The molecule has 1 atom stereocenters. The average molecular weight is 442 g/mol. The third-order valence-corrected chi connectivity index (χ3v) is 5.34. The molecule has 2 N–H and O–H groups in total. The van der Waals surface area contributed by atoms with Gasteiger partial charge < -0.3 is 20.1 Å². The molecule has 0 saturated carbocycles. The van der Waals surface area contributed by atoms with Gasteiger partial charge in [-0.15, -0.1) is 0 Å². The lowest BCUT2D eigenvalue weighted by Crippen LogP contribution is -2.46. The number of hydrogen-bond donors (Lipinski definition) is 2. The first-order chi connectivity index (χ1) is 15.6. The maximum Gasteiger partial charge on any atom is 0.269 e. The van der Waals surface area contributed by atoms with Crippen LogP contribution < -0.4 is 15.4 Å². The fourth-order valence-corrected chi connectivity index (χ4v) is 3.65. The molecule has 1 aliphatic heterocycles. The van der Waals surface area contributed by atoms with Crippen LogP contribution in [0.4, 0.5) is 5.69 Å². The van der Waals surface area contributed by atoms with E-state index >= 15 is 0 Å². The number of nitrogens with one attached hydrogen (secondary N) is 2. The number of non-ortho nitro benzene ring substituents is 1. The van der Waals surface area contributed by atoms with Crippen LogP contribution in [0.25, 0.3) is 0 Å². The summed E-state index contributed by atoms with van der Waals surface area (Å²) in [6.45, 7) is 6.88. The Labute approximate surface area is 188 Å². The largest absolute Gasteiger partial charge is 0.497 e. The van der Waals surface area contributed by atoms with Gasteiger partial charge in [0.25, 0.3) is 5.69 Å². The highest BCUT2D eigenvalue weighted by Gasteiger charge is 2.23. The molecule has 2 aromatic carbocycles. The molecule has 0 radical (unpaired) electrons. The van der Waals surface area contributed by atoms with Crippen molar-refractivity contribution < 1.29 is 14.4 Å². The number of guanidine groups is 1. The monoisotopic (exact) mass is 441 g/mol. The Kier molecular flexibility index (Phi) is 8.82. The predicted octanol–water partition coefficient (Wildman–Crippen LogP) is 2.73. The van der Waals surface area contributed by atoms with E-state index in [4.69, 9.17) is 9.47 Å². The quantitative estimate of drug-likeness (QED) is 0.267. The Balaban J connectivity index is 1.72. The van der Waals surface area contributed by atoms with Crippen LogP contribution in [0.15, 0.2) is 53.5 Å². The number of benzene rings is 2. The molecule has 0 bridgehead atoms. The summed E-state index contributed by atoms with van der Waals surface area (Å²) in [7, 11) is 1.66. The molecule has 1 unspecified atom stereocenters. The molecular weight excluding hydrogens is 410 g/mol. The highest BCUT2D eigenvalue weighted by molar-refractivity contribution is 5.79. The van der Waals surface area contributed by atoms with Gasteiger partial charge in [-0.1, -0.05) is 24.3 Å². The minimum absolute atomic E-state index is 0.0718. The number of hydrogen-bond acceptors (Lipinski definition) is 6. The second-order valence-electron chi connectivity index (χ2n) is 7.44. The van der Waals surface area contributed by atoms with Gasteiger partial charge in [0.2, 0.25) is 0 Å². The summed E-state index contributed by atoms with van der Waals surface area (Å²) in [6, 6.07) is 14.8. The Hall–Kier alpha value is -3.17. The van der Waals surface area contributed by atoms with Crippen molar-refractivity contribution in [2.24, 2.45) is 4.99 Å². The summed E-state index contributed by atoms with van der Waals surface area (Å²) >= 11 is 0. The van der Waals surface area contributed by atoms with Crippen LogP contribution in [-0.2, 0) is 11.3 Å². The maximum absolute atomic E-state index is 11.0. The average Bonchev–Trinajstić information content (AvgIpc) is 2.83. The first kappa shape index (κ1) is 23.5. The van der Waals surface area contributed by atoms with Crippen LogP contribution in [0.1, 0.15) is 24.1 Å². The molecule has 2 aromatic rings. The smallest absolute Gasteiger partial charge is 0.269 e. The summed E-state index contributed by atoms with van der Waals surface area (Å²) in [5.74, 6) is 1.50. The van der Waals surface area contributed by atoms with Crippen molar-refractivity contribution in [3.63, 3.8) is 0 Å². The molecule has 1 fully saturated rings. The van der Waals surface area contributed by atoms with E-state index in [9.17, 15) is 10.1 Å². The van der Waals surface area contributed by atoms with Crippen molar-refractivity contribution in [3.05, 3.63) is 69.8 Å². The van der Waals surface area contributed by atoms with E-state index in [0.29, 0.717) is 38.8 Å². The van der Waals surface area contributed by atoms with Crippen molar-refractivity contribution in [2.75, 3.05) is 46.5 Å². The molecule has 3 rings (SSSR count). The maximum atomic E-state index is 11.0. The summed E-state index contributed by atoms with van der Waals surface area (Å²) in [5, 5.41) is 17.7. The normalized spacial score (nSPS) is 15.8. The van der Waals surface area contributed by atoms with Gasteiger partial charge in [-0.25, -0.2) is 4.99 Å². The Morgan fingerprint density at radius 1 is 1.22 bits per heavy atom.